The molecule has 2 heterocycles. The van der Waals surface area contributed by atoms with Gasteiger partial charge in [0.2, 0.25) is 0 Å². The Balaban J connectivity index is 1.89. The monoisotopic (exact) mass is 205 g/mol. The van der Waals surface area contributed by atoms with Crippen LogP contribution in [0.1, 0.15) is 19.5 Å². The largest absolute Gasteiger partial charge is 0.353 e. The summed E-state index contributed by atoms with van der Waals surface area (Å²) >= 11 is 0. The second-order valence-corrected chi connectivity index (χ2v) is 4.56. The summed E-state index contributed by atoms with van der Waals surface area (Å²) in [6, 6.07) is 7.39. The van der Waals surface area contributed by atoms with Crippen molar-refractivity contribution >= 4 is 5.82 Å². The van der Waals surface area contributed by atoms with Gasteiger partial charge in [-0.3, -0.25) is 0 Å². The van der Waals surface area contributed by atoms with E-state index in [4.69, 9.17) is 0 Å². The molecule has 1 saturated heterocycles. The topological polar surface area (TPSA) is 28.2 Å². The maximum Gasteiger partial charge on any atom is 0.128 e. The minimum absolute atomic E-state index is 0.572. The van der Waals surface area contributed by atoms with E-state index in [1.54, 1.807) is 0 Å². The molecule has 0 saturated carbocycles. The smallest absolute Gasteiger partial charge is 0.128 e. The Kier molecular flexibility index (Phi) is 2.91. The van der Waals surface area contributed by atoms with Gasteiger partial charge in [0.15, 0.2) is 0 Å². The zero-order valence-corrected chi connectivity index (χ0v) is 9.70. The summed E-state index contributed by atoms with van der Waals surface area (Å²) in [5.74, 6) is 1.11. The predicted octanol–water partition coefficient (Wildman–Crippen LogP) is 1.58. The summed E-state index contributed by atoms with van der Waals surface area (Å²) < 4.78 is 0. The van der Waals surface area contributed by atoms with Crippen molar-refractivity contribution < 1.29 is 0 Å². The van der Waals surface area contributed by atoms with E-state index in [0.717, 1.165) is 24.6 Å². The highest BCUT2D eigenvalue weighted by molar-refractivity contribution is 5.43. The molecule has 0 spiro atoms. The van der Waals surface area contributed by atoms with Crippen LogP contribution < -0.4 is 10.2 Å². The maximum absolute atomic E-state index is 4.51. The highest BCUT2D eigenvalue weighted by atomic mass is 15.3. The van der Waals surface area contributed by atoms with Crippen molar-refractivity contribution in [2.24, 2.45) is 0 Å². The number of hydrogen-bond acceptors (Lipinski definition) is 3. The molecule has 15 heavy (non-hydrogen) atoms. The molecule has 3 heteroatoms. The first-order valence-electron chi connectivity index (χ1n) is 5.60. The number of aromatic nitrogens is 1. The van der Waals surface area contributed by atoms with Crippen molar-refractivity contribution in [3.63, 3.8) is 0 Å². The molecule has 1 fully saturated rings. The van der Waals surface area contributed by atoms with Crippen molar-refractivity contribution in [1.29, 1.82) is 0 Å². The SMILES string of the molecule is Cc1cccc(N2CC(NC(C)C)C2)n1. The van der Waals surface area contributed by atoms with Crippen molar-refractivity contribution in [3.05, 3.63) is 23.9 Å². The van der Waals surface area contributed by atoms with Crippen LogP contribution in [0.25, 0.3) is 0 Å². The molecule has 0 atom stereocenters. The maximum atomic E-state index is 4.51. The fourth-order valence-electron chi connectivity index (χ4n) is 1.95. The molecule has 0 unspecified atom stereocenters. The Hall–Kier alpha value is -1.09. The Labute approximate surface area is 91.5 Å². The first-order valence-corrected chi connectivity index (χ1v) is 5.60. The standard InChI is InChI=1S/C12H19N3/c1-9(2)13-11-7-15(8-11)12-6-4-5-10(3)14-12/h4-6,9,11,13H,7-8H2,1-3H3. The molecule has 0 bridgehead atoms. The number of nitrogens with one attached hydrogen (secondary N) is 1. The van der Waals surface area contributed by atoms with Crippen LogP contribution in [-0.2, 0) is 0 Å². The zero-order valence-electron chi connectivity index (χ0n) is 9.70. The summed E-state index contributed by atoms with van der Waals surface area (Å²) in [4.78, 5) is 6.82. The van der Waals surface area contributed by atoms with Gasteiger partial charge in [0.05, 0.1) is 0 Å². The molecule has 1 aromatic heterocycles. The lowest BCUT2D eigenvalue weighted by atomic mass is 10.1. The van der Waals surface area contributed by atoms with E-state index in [1.165, 1.54) is 0 Å². The molecule has 1 aromatic rings. The van der Waals surface area contributed by atoms with Gasteiger partial charge in [0.1, 0.15) is 5.82 Å². The highest BCUT2D eigenvalue weighted by Crippen LogP contribution is 2.18. The number of pyridine rings is 1. The average Bonchev–Trinajstić information content (AvgIpc) is 2.10. The molecular formula is C12H19N3. The summed E-state index contributed by atoms with van der Waals surface area (Å²) in [5.41, 5.74) is 1.09. The molecule has 2 rings (SSSR count). The lowest BCUT2D eigenvalue weighted by Gasteiger charge is -2.41. The minimum Gasteiger partial charge on any atom is -0.353 e. The lowest BCUT2D eigenvalue weighted by Crippen LogP contribution is -2.59. The van der Waals surface area contributed by atoms with Crippen molar-refractivity contribution in [2.45, 2.75) is 32.9 Å². The normalized spacial score (nSPS) is 16.9. The molecule has 82 valence electrons. The van der Waals surface area contributed by atoms with E-state index in [0.29, 0.717) is 12.1 Å². The summed E-state index contributed by atoms with van der Waals surface area (Å²) in [5, 5.41) is 3.52. The number of anilines is 1. The van der Waals surface area contributed by atoms with Crippen LogP contribution in [0, 0.1) is 6.92 Å². The number of nitrogens with zero attached hydrogens (tertiary/aromatic N) is 2. The predicted molar refractivity (Wildman–Crippen MR) is 63.2 cm³/mol. The molecule has 0 aliphatic carbocycles. The lowest BCUT2D eigenvalue weighted by molar-refractivity contribution is 0.387. The van der Waals surface area contributed by atoms with Crippen LogP contribution >= 0.6 is 0 Å². The van der Waals surface area contributed by atoms with Gasteiger partial charge in [-0.25, -0.2) is 4.98 Å². The van der Waals surface area contributed by atoms with E-state index in [-0.39, 0.29) is 0 Å². The van der Waals surface area contributed by atoms with Gasteiger partial charge < -0.3 is 10.2 Å². The third kappa shape index (κ3) is 2.48. The molecule has 1 aliphatic rings. The number of rotatable bonds is 3. The first kappa shape index (κ1) is 10.4. The number of aryl methyl sites for hydroxylation is 1. The fourth-order valence-corrected chi connectivity index (χ4v) is 1.95. The van der Waals surface area contributed by atoms with Crippen molar-refractivity contribution in [1.82, 2.24) is 10.3 Å². The Bertz CT molecular complexity index is 329. The summed E-state index contributed by atoms with van der Waals surface area (Å²) in [6.45, 7) is 8.57. The van der Waals surface area contributed by atoms with E-state index in [2.05, 4.69) is 41.2 Å². The summed E-state index contributed by atoms with van der Waals surface area (Å²) in [7, 11) is 0. The van der Waals surface area contributed by atoms with Gasteiger partial charge in [-0.1, -0.05) is 19.9 Å². The molecule has 3 nitrogen and oxygen atoms in total. The van der Waals surface area contributed by atoms with Gasteiger partial charge in [-0.15, -0.1) is 0 Å². The van der Waals surface area contributed by atoms with E-state index in [9.17, 15) is 0 Å². The first-order chi connectivity index (χ1) is 7.15. The van der Waals surface area contributed by atoms with Gasteiger partial charge >= 0.3 is 0 Å². The van der Waals surface area contributed by atoms with Crippen LogP contribution in [0.4, 0.5) is 5.82 Å². The van der Waals surface area contributed by atoms with Crippen molar-refractivity contribution in [2.75, 3.05) is 18.0 Å². The quantitative estimate of drug-likeness (QED) is 0.812. The molecule has 0 radical (unpaired) electrons. The second-order valence-electron chi connectivity index (χ2n) is 4.56. The van der Waals surface area contributed by atoms with Crippen LogP contribution in [0.3, 0.4) is 0 Å². The van der Waals surface area contributed by atoms with Gasteiger partial charge in [0, 0.05) is 30.9 Å². The summed E-state index contributed by atoms with van der Waals surface area (Å²) in [6.07, 6.45) is 0. The molecule has 1 N–H and O–H groups in total. The van der Waals surface area contributed by atoms with Crippen LogP contribution in [0.5, 0.6) is 0 Å². The minimum atomic E-state index is 0.572. The Morgan fingerprint density at radius 2 is 2.13 bits per heavy atom. The van der Waals surface area contributed by atoms with Gasteiger partial charge in [-0.2, -0.15) is 0 Å². The Morgan fingerprint density at radius 1 is 1.40 bits per heavy atom. The van der Waals surface area contributed by atoms with Crippen LogP contribution in [0.2, 0.25) is 0 Å². The van der Waals surface area contributed by atoms with E-state index in [1.807, 2.05) is 13.0 Å². The number of hydrogen-bond donors (Lipinski definition) is 1. The van der Waals surface area contributed by atoms with Crippen LogP contribution in [0.15, 0.2) is 18.2 Å². The van der Waals surface area contributed by atoms with Crippen LogP contribution in [-0.4, -0.2) is 30.2 Å². The second kappa shape index (κ2) is 4.19. The fraction of sp³-hybridized carbons (Fsp3) is 0.583. The zero-order chi connectivity index (χ0) is 10.8. The van der Waals surface area contributed by atoms with Gasteiger partial charge in [0.25, 0.3) is 0 Å². The molecular weight excluding hydrogens is 186 g/mol. The third-order valence-corrected chi connectivity index (χ3v) is 2.65. The molecule has 0 amide bonds. The third-order valence-electron chi connectivity index (χ3n) is 2.65. The van der Waals surface area contributed by atoms with Gasteiger partial charge in [-0.05, 0) is 19.1 Å². The van der Waals surface area contributed by atoms with E-state index < -0.39 is 0 Å². The average molecular weight is 205 g/mol. The Morgan fingerprint density at radius 3 is 2.73 bits per heavy atom. The highest BCUT2D eigenvalue weighted by Gasteiger charge is 2.27. The van der Waals surface area contributed by atoms with E-state index >= 15 is 0 Å². The molecule has 0 aromatic carbocycles. The molecule has 1 aliphatic heterocycles. The van der Waals surface area contributed by atoms with Crippen molar-refractivity contribution in [3.8, 4) is 0 Å².